The number of phenolic OH excluding ortho intramolecular Hbond substituents is 1. The van der Waals surface area contributed by atoms with E-state index in [-0.39, 0.29) is 22.7 Å². The van der Waals surface area contributed by atoms with E-state index in [4.69, 9.17) is 0 Å². The Morgan fingerprint density at radius 1 is 0.875 bits per heavy atom. The molecule has 0 aliphatic rings. The van der Waals surface area contributed by atoms with E-state index in [0.29, 0.717) is 10.9 Å². The van der Waals surface area contributed by atoms with Gasteiger partial charge >= 0.3 is 5.97 Å². The molecular formula is C20H14O4. The van der Waals surface area contributed by atoms with Crippen LogP contribution in [0.5, 0.6) is 5.75 Å². The van der Waals surface area contributed by atoms with Crippen LogP contribution >= 0.6 is 0 Å². The van der Waals surface area contributed by atoms with Gasteiger partial charge in [0.1, 0.15) is 5.75 Å². The molecule has 3 aromatic carbocycles. The molecule has 0 amide bonds. The van der Waals surface area contributed by atoms with E-state index in [1.54, 1.807) is 36.4 Å². The van der Waals surface area contributed by atoms with Crippen molar-refractivity contribution in [1.82, 2.24) is 0 Å². The molecule has 0 saturated heterocycles. The first-order valence-corrected chi connectivity index (χ1v) is 7.33. The summed E-state index contributed by atoms with van der Waals surface area (Å²) < 4.78 is 0. The number of aromatic carboxylic acids is 1. The molecule has 0 heterocycles. The molecule has 0 unspecified atom stereocenters. The Balaban J connectivity index is 2.03. The number of carboxylic acids is 1. The number of aromatic hydroxyl groups is 1. The highest BCUT2D eigenvalue weighted by Gasteiger charge is 2.13. The van der Waals surface area contributed by atoms with Gasteiger partial charge in [-0.25, -0.2) is 4.79 Å². The van der Waals surface area contributed by atoms with Gasteiger partial charge in [-0.05, 0) is 34.5 Å². The lowest BCUT2D eigenvalue weighted by Gasteiger charge is -2.06. The Morgan fingerprint density at radius 2 is 1.58 bits per heavy atom. The molecule has 0 radical (unpaired) electrons. The van der Waals surface area contributed by atoms with Crippen LogP contribution in [0.15, 0.2) is 66.7 Å². The summed E-state index contributed by atoms with van der Waals surface area (Å²) in [5, 5.41) is 20.7. The molecule has 0 atom stereocenters. The van der Waals surface area contributed by atoms with E-state index in [0.717, 1.165) is 5.39 Å². The maximum absolute atomic E-state index is 12.5. The standard InChI is InChI=1S/C20H14O4/c21-17-11-9-13-5-1-3-7-15(13)19(17)18(22)12-10-14-6-2-4-8-16(14)20(23)24/h1-12,21H,(H,23,24)/b12-10+. The quantitative estimate of drug-likeness (QED) is 0.560. The van der Waals surface area contributed by atoms with Gasteiger partial charge in [-0.3, -0.25) is 4.79 Å². The van der Waals surface area contributed by atoms with E-state index in [9.17, 15) is 19.8 Å². The minimum atomic E-state index is -1.06. The number of ketones is 1. The highest BCUT2D eigenvalue weighted by molar-refractivity contribution is 6.16. The largest absolute Gasteiger partial charge is 0.507 e. The molecule has 0 fully saturated rings. The average molecular weight is 318 g/mol. The molecular weight excluding hydrogens is 304 g/mol. The third-order valence-corrected chi connectivity index (χ3v) is 3.76. The number of hydrogen-bond donors (Lipinski definition) is 2. The van der Waals surface area contributed by atoms with Gasteiger partial charge < -0.3 is 10.2 Å². The summed E-state index contributed by atoms with van der Waals surface area (Å²) in [5.41, 5.74) is 0.749. The number of rotatable bonds is 4. The van der Waals surface area contributed by atoms with Gasteiger partial charge in [0.05, 0.1) is 11.1 Å². The molecule has 0 bridgehead atoms. The summed E-state index contributed by atoms with van der Waals surface area (Å²) in [5.74, 6) is -1.55. The second-order valence-electron chi connectivity index (χ2n) is 5.27. The van der Waals surface area contributed by atoms with E-state index in [2.05, 4.69) is 0 Å². The molecule has 4 heteroatoms. The number of allylic oxidation sites excluding steroid dienone is 1. The van der Waals surface area contributed by atoms with Gasteiger partial charge in [0.15, 0.2) is 5.78 Å². The smallest absolute Gasteiger partial charge is 0.336 e. The summed E-state index contributed by atoms with van der Waals surface area (Å²) in [7, 11) is 0. The first kappa shape index (κ1) is 15.5. The van der Waals surface area contributed by atoms with Crippen LogP contribution in [0.4, 0.5) is 0 Å². The summed E-state index contributed by atoms with van der Waals surface area (Å²) in [4.78, 5) is 23.7. The van der Waals surface area contributed by atoms with Crippen molar-refractivity contribution >= 4 is 28.6 Å². The lowest BCUT2D eigenvalue weighted by molar-refractivity contribution is 0.0696. The van der Waals surface area contributed by atoms with Crippen molar-refractivity contribution in [2.24, 2.45) is 0 Å². The second kappa shape index (κ2) is 6.38. The lowest BCUT2D eigenvalue weighted by Crippen LogP contribution is -2.00. The Morgan fingerprint density at radius 3 is 2.38 bits per heavy atom. The van der Waals surface area contributed by atoms with E-state index in [1.165, 1.54) is 24.3 Å². The van der Waals surface area contributed by atoms with Crippen LogP contribution in [0, 0.1) is 0 Å². The first-order valence-electron chi connectivity index (χ1n) is 7.33. The summed E-state index contributed by atoms with van der Waals surface area (Å²) in [6.45, 7) is 0. The number of fused-ring (bicyclic) bond motifs is 1. The zero-order valence-corrected chi connectivity index (χ0v) is 12.6. The Kier molecular flexibility index (Phi) is 4.12. The van der Waals surface area contributed by atoms with E-state index in [1.807, 2.05) is 12.1 Å². The molecule has 0 aromatic heterocycles. The van der Waals surface area contributed by atoms with Gasteiger partial charge in [-0.1, -0.05) is 54.6 Å². The highest BCUT2D eigenvalue weighted by Crippen LogP contribution is 2.28. The van der Waals surface area contributed by atoms with E-state index < -0.39 is 5.97 Å². The molecule has 0 saturated carbocycles. The van der Waals surface area contributed by atoms with Gasteiger partial charge in [0.2, 0.25) is 0 Å². The maximum atomic E-state index is 12.5. The number of phenols is 1. The maximum Gasteiger partial charge on any atom is 0.336 e. The van der Waals surface area contributed by atoms with Gasteiger partial charge in [-0.2, -0.15) is 0 Å². The molecule has 0 spiro atoms. The minimum Gasteiger partial charge on any atom is -0.507 e. The lowest BCUT2D eigenvalue weighted by atomic mass is 9.99. The molecule has 118 valence electrons. The van der Waals surface area contributed by atoms with Gasteiger partial charge in [-0.15, -0.1) is 0 Å². The topological polar surface area (TPSA) is 74.6 Å². The highest BCUT2D eigenvalue weighted by atomic mass is 16.4. The number of hydrogen-bond acceptors (Lipinski definition) is 3. The molecule has 2 N–H and O–H groups in total. The van der Waals surface area contributed by atoms with Crippen molar-refractivity contribution in [2.45, 2.75) is 0 Å². The number of carboxylic acid groups (broad SMARTS) is 1. The number of carbonyl (C=O) groups is 2. The predicted octanol–water partition coefficient (Wildman–Crippen LogP) is 4.14. The van der Waals surface area contributed by atoms with Crippen LogP contribution in [0.1, 0.15) is 26.3 Å². The molecule has 3 rings (SSSR count). The van der Waals surface area contributed by atoms with Crippen molar-refractivity contribution in [3.05, 3.63) is 83.4 Å². The van der Waals surface area contributed by atoms with Crippen molar-refractivity contribution in [1.29, 1.82) is 0 Å². The fraction of sp³-hybridized carbons (Fsp3) is 0. The van der Waals surface area contributed by atoms with Crippen LogP contribution in [0.2, 0.25) is 0 Å². The second-order valence-corrected chi connectivity index (χ2v) is 5.27. The third-order valence-electron chi connectivity index (χ3n) is 3.76. The number of benzene rings is 3. The summed E-state index contributed by atoms with van der Waals surface area (Å²) in [6.07, 6.45) is 2.73. The van der Waals surface area contributed by atoms with Crippen LogP contribution in [0.3, 0.4) is 0 Å². The Bertz CT molecular complexity index is 970. The molecule has 0 aliphatic carbocycles. The minimum absolute atomic E-state index is 0.102. The molecule has 4 nitrogen and oxygen atoms in total. The van der Waals surface area contributed by atoms with Crippen LogP contribution in [-0.2, 0) is 0 Å². The SMILES string of the molecule is O=C(O)c1ccccc1/C=C/C(=O)c1c(O)ccc2ccccc12. The number of carbonyl (C=O) groups excluding carboxylic acids is 1. The van der Waals surface area contributed by atoms with Gasteiger partial charge in [0.25, 0.3) is 0 Å². The Hall–Kier alpha value is -3.40. The van der Waals surface area contributed by atoms with Crippen LogP contribution in [0.25, 0.3) is 16.8 Å². The van der Waals surface area contributed by atoms with Crippen molar-refractivity contribution in [2.75, 3.05) is 0 Å². The summed E-state index contributed by atoms with van der Waals surface area (Å²) >= 11 is 0. The molecule has 24 heavy (non-hydrogen) atoms. The third kappa shape index (κ3) is 2.90. The molecule has 3 aromatic rings. The van der Waals surface area contributed by atoms with Gasteiger partial charge in [0, 0.05) is 0 Å². The Labute approximate surface area is 138 Å². The van der Waals surface area contributed by atoms with E-state index >= 15 is 0 Å². The fourth-order valence-electron chi connectivity index (χ4n) is 2.60. The molecule has 0 aliphatic heterocycles. The van der Waals surface area contributed by atoms with Crippen molar-refractivity contribution in [3.8, 4) is 5.75 Å². The van der Waals surface area contributed by atoms with Crippen LogP contribution in [-0.4, -0.2) is 22.0 Å². The predicted molar refractivity (Wildman–Crippen MR) is 92.4 cm³/mol. The van der Waals surface area contributed by atoms with Crippen molar-refractivity contribution < 1.29 is 19.8 Å². The monoisotopic (exact) mass is 318 g/mol. The van der Waals surface area contributed by atoms with Crippen molar-refractivity contribution in [3.63, 3.8) is 0 Å². The zero-order chi connectivity index (χ0) is 17.1. The summed E-state index contributed by atoms with van der Waals surface area (Å²) in [6, 6.07) is 16.9. The van der Waals surface area contributed by atoms with Crippen LogP contribution < -0.4 is 0 Å². The average Bonchev–Trinajstić information content (AvgIpc) is 2.59. The zero-order valence-electron chi connectivity index (χ0n) is 12.6. The normalized spacial score (nSPS) is 11.0. The first-order chi connectivity index (χ1) is 11.6. The fourth-order valence-corrected chi connectivity index (χ4v) is 2.60.